The number of ether oxygens (including phenoxy) is 1. The molecule has 1 N–H and O–H groups in total. The number of fused-ring (bicyclic) bond motifs is 1. The maximum absolute atomic E-state index is 5.61. The number of rotatable bonds is 2. The number of para-hydroxylation sites is 1. The molecule has 0 saturated heterocycles. The van der Waals surface area contributed by atoms with Gasteiger partial charge in [-0.1, -0.05) is 12.1 Å². The summed E-state index contributed by atoms with van der Waals surface area (Å²) in [6.07, 6.45) is 3.77. The van der Waals surface area contributed by atoms with Crippen molar-refractivity contribution in [2.45, 2.75) is 38.3 Å². The van der Waals surface area contributed by atoms with E-state index in [4.69, 9.17) is 17.0 Å². The summed E-state index contributed by atoms with van der Waals surface area (Å²) in [5, 5.41) is 0. The highest BCUT2D eigenvalue weighted by molar-refractivity contribution is 7.71. The number of benzene rings is 1. The van der Waals surface area contributed by atoms with Crippen LogP contribution >= 0.6 is 12.2 Å². The number of imidazole rings is 1. The molecule has 4 heteroatoms. The van der Waals surface area contributed by atoms with Crippen molar-refractivity contribution in [3.8, 4) is 0 Å². The topological polar surface area (TPSA) is 29.9 Å². The first-order chi connectivity index (χ1) is 8.72. The number of aryl methyl sites for hydroxylation is 1. The molecular weight excluding hydrogens is 244 g/mol. The fourth-order valence-corrected chi connectivity index (χ4v) is 3.49. The number of hydrogen-bond acceptors (Lipinski definition) is 2. The van der Waals surface area contributed by atoms with Crippen LogP contribution in [0.2, 0.25) is 0 Å². The summed E-state index contributed by atoms with van der Waals surface area (Å²) in [6.45, 7) is 2.14. The molecule has 0 amide bonds. The van der Waals surface area contributed by atoms with Crippen LogP contribution in [-0.4, -0.2) is 22.8 Å². The van der Waals surface area contributed by atoms with Gasteiger partial charge in [0.05, 0.1) is 23.2 Å². The van der Waals surface area contributed by atoms with Crippen molar-refractivity contribution in [2.24, 2.45) is 0 Å². The number of aromatic amines is 1. The van der Waals surface area contributed by atoms with Crippen LogP contribution in [0, 0.1) is 11.7 Å². The third-order valence-corrected chi connectivity index (χ3v) is 4.29. The Balaban J connectivity index is 2.22. The molecule has 3 rings (SSSR count). The Morgan fingerprint density at radius 1 is 1.39 bits per heavy atom. The van der Waals surface area contributed by atoms with Gasteiger partial charge in [0.15, 0.2) is 4.77 Å². The number of hydrogen-bond donors (Lipinski definition) is 1. The van der Waals surface area contributed by atoms with E-state index in [1.54, 1.807) is 7.11 Å². The van der Waals surface area contributed by atoms with E-state index in [2.05, 4.69) is 34.7 Å². The highest BCUT2D eigenvalue weighted by Gasteiger charge is 2.30. The van der Waals surface area contributed by atoms with E-state index in [1.807, 2.05) is 0 Å². The van der Waals surface area contributed by atoms with Crippen molar-refractivity contribution in [2.75, 3.05) is 7.11 Å². The maximum Gasteiger partial charge on any atom is 0.178 e. The summed E-state index contributed by atoms with van der Waals surface area (Å²) in [4.78, 5) is 3.31. The Morgan fingerprint density at radius 2 is 2.22 bits per heavy atom. The van der Waals surface area contributed by atoms with Crippen LogP contribution in [-0.2, 0) is 4.74 Å². The standard InChI is InChI=1S/C14H18N2OS/c1-9-5-3-6-10-13(9)16(14(18)15-10)11-7-4-8-12(11)17-2/h3,5-6,11-12H,4,7-8H2,1-2H3,(H,15,18). The zero-order chi connectivity index (χ0) is 12.7. The maximum atomic E-state index is 5.61. The van der Waals surface area contributed by atoms with E-state index < -0.39 is 0 Å². The van der Waals surface area contributed by atoms with Gasteiger partial charge >= 0.3 is 0 Å². The van der Waals surface area contributed by atoms with Gasteiger partial charge in [0.2, 0.25) is 0 Å². The predicted molar refractivity (Wildman–Crippen MR) is 75.5 cm³/mol. The second-order valence-electron chi connectivity index (χ2n) is 5.04. The zero-order valence-corrected chi connectivity index (χ0v) is 11.6. The van der Waals surface area contributed by atoms with Gasteiger partial charge < -0.3 is 14.3 Å². The second kappa shape index (κ2) is 4.52. The van der Waals surface area contributed by atoms with E-state index >= 15 is 0 Å². The van der Waals surface area contributed by atoms with Crippen LogP contribution in [0.25, 0.3) is 11.0 Å². The number of aromatic nitrogens is 2. The molecule has 1 fully saturated rings. The van der Waals surface area contributed by atoms with E-state index in [9.17, 15) is 0 Å². The van der Waals surface area contributed by atoms with Gasteiger partial charge in [-0.25, -0.2) is 0 Å². The van der Waals surface area contributed by atoms with Crippen molar-refractivity contribution in [1.82, 2.24) is 9.55 Å². The van der Waals surface area contributed by atoms with Gasteiger partial charge in [0.1, 0.15) is 0 Å². The second-order valence-corrected chi connectivity index (χ2v) is 5.43. The van der Waals surface area contributed by atoms with Gasteiger partial charge in [-0.2, -0.15) is 0 Å². The van der Waals surface area contributed by atoms with E-state index in [0.717, 1.165) is 23.1 Å². The Kier molecular flexibility index (Phi) is 2.99. The van der Waals surface area contributed by atoms with E-state index in [1.165, 1.54) is 17.5 Å². The highest BCUT2D eigenvalue weighted by Crippen LogP contribution is 2.35. The minimum absolute atomic E-state index is 0.287. The SMILES string of the molecule is COC1CCCC1n1c(=S)[nH]c2cccc(C)c21. The lowest BCUT2D eigenvalue weighted by molar-refractivity contribution is 0.0757. The first kappa shape index (κ1) is 11.9. The minimum Gasteiger partial charge on any atom is -0.379 e. The summed E-state index contributed by atoms with van der Waals surface area (Å²) in [6, 6.07) is 6.66. The molecular formula is C14H18N2OS. The number of nitrogens with zero attached hydrogens (tertiary/aromatic N) is 1. The molecule has 1 aliphatic rings. The Hall–Kier alpha value is -1.13. The van der Waals surface area contributed by atoms with Crippen LogP contribution < -0.4 is 0 Å². The van der Waals surface area contributed by atoms with Gasteiger partial charge in [-0.15, -0.1) is 0 Å². The molecule has 1 saturated carbocycles. The molecule has 1 aliphatic carbocycles. The summed E-state index contributed by atoms with van der Waals surface area (Å²) < 4.78 is 8.69. The third-order valence-electron chi connectivity index (χ3n) is 3.99. The van der Waals surface area contributed by atoms with Crippen molar-refractivity contribution < 1.29 is 4.74 Å². The van der Waals surface area contributed by atoms with Gasteiger partial charge in [-0.3, -0.25) is 0 Å². The number of nitrogens with one attached hydrogen (secondary N) is 1. The summed E-state index contributed by atoms with van der Waals surface area (Å²) in [5.74, 6) is 0. The molecule has 96 valence electrons. The van der Waals surface area contributed by atoms with Gasteiger partial charge in [-0.05, 0) is 50.0 Å². The van der Waals surface area contributed by atoms with Crippen molar-refractivity contribution in [1.29, 1.82) is 0 Å². The van der Waals surface area contributed by atoms with Gasteiger partial charge in [0, 0.05) is 7.11 Å². The first-order valence-corrected chi connectivity index (χ1v) is 6.86. The normalized spacial score (nSPS) is 23.9. The molecule has 0 bridgehead atoms. The smallest absolute Gasteiger partial charge is 0.178 e. The number of H-pyrrole nitrogens is 1. The molecule has 0 radical (unpaired) electrons. The fourth-order valence-electron chi connectivity index (χ4n) is 3.15. The van der Waals surface area contributed by atoms with E-state index in [0.29, 0.717) is 6.04 Å². The molecule has 2 aromatic rings. The lowest BCUT2D eigenvalue weighted by atomic mass is 10.1. The van der Waals surface area contributed by atoms with Crippen molar-refractivity contribution in [3.63, 3.8) is 0 Å². The Morgan fingerprint density at radius 3 is 3.00 bits per heavy atom. The molecule has 3 nitrogen and oxygen atoms in total. The molecule has 2 atom stereocenters. The molecule has 1 heterocycles. The number of methoxy groups -OCH3 is 1. The molecule has 1 aromatic heterocycles. The van der Waals surface area contributed by atoms with Crippen LogP contribution in [0.15, 0.2) is 18.2 Å². The van der Waals surface area contributed by atoms with E-state index in [-0.39, 0.29) is 6.10 Å². The summed E-state index contributed by atoms with van der Waals surface area (Å²) in [5.41, 5.74) is 3.62. The largest absolute Gasteiger partial charge is 0.379 e. The predicted octanol–water partition coefficient (Wildman–Crippen LogP) is 3.75. The zero-order valence-electron chi connectivity index (χ0n) is 10.8. The Bertz CT molecular complexity index is 628. The van der Waals surface area contributed by atoms with Crippen LogP contribution in [0.5, 0.6) is 0 Å². The first-order valence-electron chi connectivity index (χ1n) is 6.45. The Labute approximate surface area is 112 Å². The summed E-state index contributed by atoms with van der Waals surface area (Å²) in [7, 11) is 1.80. The summed E-state index contributed by atoms with van der Waals surface area (Å²) >= 11 is 5.50. The van der Waals surface area contributed by atoms with Crippen molar-refractivity contribution >= 4 is 23.3 Å². The van der Waals surface area contributed by atoms with Crippen molar-refractivity contribution in [3.05, 3.63) is 28.5 Å². The fraction of sp³-hybridized carbons (Fsp3) is 0.500. The van der Waals surface area contributed by atoms with Crippen LogP contribution in [0.4, 0.5) is 0 Å². The quantitative estimate of drug-likeness (QED) is 0.835. The van der Waals surface area contributed by atoms with Crippen LogP contribution in [0.3, 0.4) is 0 Å². The molecule has 18 heavy (non-hydrogen) atoms. The highest BCUT2D eigenvalue weighted by atomic mass is 32.1. The molecule has 0 spiro atoms. The molecule has 0 aliphatic heterocycles. The monoisotopic (exact) mass is 262 g/mol. The third kappa shape index (κ3) is 1.71. The van der Waals surface area contributed by atoms with Crippen LogP contribution in [0.1, 0.15) is 30.9 Å². The molecule has 2 unspecified atom stereocenters. The minimum atomic E-state index is 0.287. The lowest BCUT2D eigenvalue weighted by Crippen LogP contribution is -2.20. The molecule has 1 aromatic carbocycles. The van der Waals surface area contributed by atoms with Gasteiger partial charge in [0.25, 0.3) is 0 Å². The average molecular weight is 262 g/mol. The average Bonchev–Trinajstić information content (AvgIpc) is 2.92. The lowest BCUT2D eigenvalue weighted by Gasteiger charge is -2.21.